The number of hydrogen-bond donors (Lipinski definition) is 2. The second kappa shape index (κ2) is 6.58. The summed E-state index contributed by atoms with van der Waals surface area (Å²) >= 11 is 1.45. The van der Waals surface area contributed by atoms with E-state index >= 15 is 0 Å². The van der Waals surface area contributed by atoms with Gasteiger partial charge in [-0.3, -0.25) is 4.79 Å². The molecule has 20 heavy (non-hydrogen) atoms. The van der Waals surface area contributed by atoms with Gasteiger partial charge in [0.15, 0.2) is 0 Å². The van der Waals surface area contributed by atoms with E-state index in [4.69, 9.17) is 5.11 Å². The molecule has 0 atom stereocenters. The predicted molar refractivity (Wildman–Crippen MR) is 74.2 cm³/mol. The van der Waals surface area contributed by atoms with E-state index in [9.17, 15) is 9.59 Å². The highest BCUT2D eigenvalue weighted by atomic mass is 32.1. The maximum Gasteiger partial charge on any atom is 0.328 e. The van der Waals surface area contributed by atoms with Crippen molar-refractivity contribution in [2.75, 3.05) is 0 Å². The van der Waals surface area contributed by atoms with Crippen LogP contribution < -0.4 is 5.32 Å². The van der Waals surface area contributed by atoms with Crippen molar-refractivity contribution in [3.63, 3.8) is 0 Å². The lowest BCUT2D eigenvalue weighted by Crippen LogP contribution is -2.22. The first-order valence-corrected chi connectivity index (χ1v) is 6.55. The summed E-state index contributed by atoms with van der Waals surface area (Å²) in [6.07, 6.45) is 6.79. The molecule has 0 unspecified atom stereocenters. The number of amides is 1. The van der Waals surface area contributed by atoms with Gasteiger partial charge in [0.25, 0.3) is 5.91 Å². The number of carbonyl (C=O) groups is 2. The van der Waals surface area contributed by atoms with Crippen molar-refractivity contribution in [1.82, 2.24) is 15.3 Å². The fourth-order valence-electron chi connectivity index (χ4n) is 1.48. The first-order valence-electron chi connectivity index (χ1n) is 5.67. The highest BCUT2D eigenvalue weighted by Gasteiger charge is 2.07. The number of nitrogens with one attached hydrogen (secondary N) is 1. The predicted octanol–water partition coefficient (Wildman–Crippen LogP) is 1.57. The Morgan fingerprint density at radius 2 is 2.10 bits per heavy atom. The Morgan fingerprint density at radius 1 is 1.35 bits per heavy atom. The lowest BCUT2D eigenvalue weighted by atomic mass is 10.2. The molecule has 2 aromatic heterocycles. The molecule has 2 aromatic rings. The van der Waals surface area contributed by atoms with Gasteiger partial charge in [0.1, 0.15) is 6.33 Å². The van der Waals surface area contributed by atoms with E-state index in [2.05, 4.69) is 15.3 Å². The molecular weight excluding hydrogens is 278 g/mol. The molecule has 1 amide bonds. The van der Waals surface area contributed by atoms with Crippen LogP contribution >= 0.6 is 11.3 Å². The monoisotopic (exact) mass is 289 g/mol. The van der Waals surface area contributed by atoms with Gasteiger partial charge in [-0.1, -0.05) is 0 Å². The van der Waals surface area contributed by atoms with Gasteiger partial charge in [-0.2, -0.15) is 0 Å². The fourth-order valence-corrected chi connectivity index (χ4v) is 2.29. The highest BCUT2D eigenvalue weighted by Crippen LogP contribution is 2.18. The molecule has 0 saturated heterocycles. The molecule has 0 saturated carbocycles. The van der Waals surface area contributed by atoms with Crippen LogP contribution in [0.25, 0.3) is 6.08 Å². The van der Waals surface area contributed by atoms with Crippen molar-refractivity contribution in [1.29, 1.82) is 0 Å². The lowest BCUT2D eigenvalue weighted by molar-refractivity contribution is -0.131. The first kappa shape index (κ1) is 13.9. The van der Waals surface area contributed by atoms with E-state index in [-0.39, 0.29) is 5.91 Å². The normalized spacial score (nSPS) is 10.6. The number of hydrogen-bond acceptors (Lipinski definition) is 5. The number of aromatic nitrogens is 2. The van der Waals surface area contributed by atoms with E-state index in [1.54, 1.807) is 6.07 Å². The van der Waals surface area contributed by atoms with Crippen molar-refractivity contribution in [3.05, 3.63) is 52.2 Å². The van der Waals surface area contributed by atoms with Gasteiger partial charge in [-0.05, 0) is 23.1 Å². The molecule has 2 rings (SSSR count). The van der Waals surface area contributed by atoms with Crippen LogP contribution in [0.2, 0.25) is 0 Å². The van der Waals surface area contributed by atoms with Gasteiger partial charge in [0, 0.05) is 23.3 Å². The minimum absolute atomic E-state index is 0.271. The third-order valence-corrected chi connectivity index (χ3v) is 3.35. The van der Waals surface area contributed by atoms with Crippen molar-refractivity contribution < 1.29 is 14.7 Å². The van der Waals surface area contributed by atoms with E-state index in [1.165, 1.54) is 36.1 Å². The van der Waals surface area contributed by atoms with Crippen LogP contribution in [-0.2, 0) is 11.3 Å². The summed E-state index contributed by atoms with van der Waals surface area (Å²) in [5.41, 5.74) is 1.16. The number of nitrogens with zero attached hydrogens (tertiary/aromatic N) is 2. The molecule has 0 radical (unpaired) electrons. The quantitative estimate of drug-likeness (QED) is 0.815. The third-order valence-electron chi connectivity index (χ3n) is 2.42. The number of rotatable bonds is 5. The Morgan fingerprint density at radius 3 is 2.80 bits per heavy atom. The Bertz CT molecular complexity index is 637. The van der Waals surface area contributed by atoms with Crippen molar-refractivity contribution in [2.24, 2.45) is 0 Å². The summed E-state index contributed by atoms with van der Waals surface area (Å²) in [6.45, 7) is 0.324. The molecule has 102 valence electrons. The minimum atomic E-state index is -1.01. The second-order valence-corrected chi connectivity index (χ2v) is 4.78. The van der Waals surface area contributed by atoms with Crippen molar-refractivity contribution in [3.8, 4) is 0 Å². The van der Waals surface area contributed by atoms with Crippen LogP contribution in [0, 0.1) is 0 Å². The molecule has 6 nitrogen and oxygen atoms in total. The zero-order valence-corrected chi connectivity index (χ0v) is 11.1. The number of carbonyl (C=O) groups excluding carboxylic acids is 1. The van der Waals surface area contributed by atoms with Gasteiger partial charge in [-0.25, -0.2) is 14.8 Å². The Balaban J connectivity index is 2.00. The molecule has 0 aliphatic heterocycles. The maximum absolute atomic E-state index is 11.8. The highest BCUT2D eigenvalue weighted by molar-refractivity contribution is 7.10. The van der Waals surface area contributed by atoms with E-state index in [0.717, 1.165) is 16.5 Å². The van der Waals surface area contributed by atoms with Gasteiger partial charge in [-0.15, -0.1) is 11.3 Å². The summed E-state index contributed by atoms with van der Waals surface area (Å²) in [5.74, 6) is -1.28. The smallest absolute Gasteiger partial charge is 0.328 e. The van der Waals surface area contributed by atoms with E-state index in [1.807, 2.05) is 5.38 Å². The van der Waals surface area contributed by atoms with Gasteiger partial charge >= 0.3 is 5.97 Å². The molecule has 0 fully saturated rings. The summed E-state index contributed by atoms with van der Waals surface area (Å²) in [6, 6.07) is 1.80. The van der Waals surface area contributed by atoms with Gasteiger partial charge in [0.2, 0.25) is 0 Å². The Labute approximate surface area is 118 Å². The van der Waals surface area contributed by atoms with Crippen LogP contribution in [0.5, 0.6) is 0 Å². The molecule has 0 bridgehead atoms. The van der Waals surface area contributed by atoms with Crippen LogP contribution in [0.3, 0.4) is 0 Å². The minimum Gasteiger partial charge on any atom is -0.478 e. The summed E-state index contributed by atoms with van der Waals surface area (Å²) in [7, 11) is 0. The molecular formula is C13H11N3O3S. The van der Waals surface area contributed by atoms with Crippen molar-refractivity contribution >= 4 is 29.3 Å². The van der Waals surface area contributed by atoms with Gasteiger partial charge in [0.05, 0.1) is 12.1 Å². The fraction of sp³-hybridized carbons (Fsp3) is 0.0769. The molecule has 0 aliphatic rings. The van der Waals surface area contributed by atoms with Crippen molar-refractivity contribution in [2.45, 2.75) is 6.54 Å². The maximum atomic E-state index is 11.8. The van der Waals surface area contributed by atoms with Crippen LogP contribution in [0.4, 0.5) is 0 Å². The van der Waals surface area contributed by atoms with E-state index < -0.39 is 5.97 Å². The Hall–Kier alpha value is -2.54. The topological polar surface area (TPSA) is 92.2 Å². The molecule has 0 spiro atoms. The zero-order chi connectivity index (χ0) is 14.4. The third kappa shape index (κ3) is 3.72. The number of thiophene rings is 1. The van der Waals surface area contributed by atoms with Crippen LogP contribution in [0.15, 0.2) is 36.2 Å². The number of carboxylic acids is 1. The summed E-state index contributed by atoms with van der Waals surface area (Å²) in [4.78, 5) is 30.7. The van der Waals surface area contributed by atoms with Crippen LogP contribution in [0.1, 0.15) is 20.8 Å². The molecule has 2 heterocycles. The molecule has 0 aliphatic carbocycles. The zero-order valence-electron chi connectivity index (χ0n) is 10.3. The van der Waals surface area contributed by atoms with E-state index in [0.29, 0.717) is 12.1 Å². The first-order chi connectivity index (χ1) is 9.66. The molecule has 7 heteroatoms. The number of carboxylic acid groups (broad SMARTS) is 1. The standard InChI is InChI=1S/C13H11N3O3S/c17-12(18)2-1-9-3-4-20-11(9)7-16-13(19)10-5-14-8-15-6-10/h1-6,8H,7H2,(H,16,19)(H,17,18)/b2-1+. The lowest BCUT2D eigenvalue weighted by Gasteiger charge is -2.04. The Kier molecular flexibility index (Phi) is 4.56. The SMILES string of the molecule is O=C(O)/C=C/c1ccsc1CNC(=O)c1cncnc1. The van der Waals surface area contributed by atoms with Crippen LogP contribution in [-0.4, -0.2) is 27.0 Å². The second-order valence-electron chi connectivity index (χ2n) is 3.78. The average Bonchev–Trinajstić information content (AvgIpc) is 2.91. The summed E-state index contributed by atoms with van der Waals surface area (Å²) in [5, 5.41) is 13.2. The largest absolute Gasteiger partial charge is 0.478 e. The summed E-state index contributed by atoms with van der Waals surface area (Å²) < 4.78 is 0. The van der Waals surface area contributed by atoms with Gasteiger partial charge < -0.3 is 10.4 Å². The molecule has 0 aromatic carbocycles. The average molecular weight is 289 g/mol. The molecule has 2 N–H and O–H groups in total. The number of aliphatic carboxylic acids is 1.